The van der Waals surface area contributed by atoms with E-state index >= 15 is 0 Å². The minimum Gasteiger partial charge on any atom is -0.298 e. The summed E-state index contributed by atoms with van der Waals surface area (Å²) < 4.78 is 37.8. The standard InChI is InChI=1S/C11H6F3NO2/c1-6(17)7-2-8(4-15)9(5-16)10(3-7)11(12,13)14/h2-3,5H,1H3. The molecular formula is C11H6F3NO2. The highest BCUT2D eigenvalue weighted by atomic mass is 19.4. The van der Waals surface area contributed by atoms with Crippen molar-refractivity contribution in [3.8, 4) is 6.07 Å². The molecule has 0 unspecified atom stereocenters. The van der Waals surface area contributed by atoms with Gasteiger partial charge in [-0.3, -0.25) is 9.59 Å². The SMILES string of the molecule is CC(=O)c1cc(C#N)c(C=O)c(C(F)(F)F)c1. The fraction of sp³-hybridized carbons (Fsp3) is 0.182. The number of aldehydes is 1. The molecular weight excluding hydrogens is 235 g/mol. The number of rotatable bonds is 2. The molecule has 1 aromatic carbocycles. The Balaban J connectivity index is 3.67. The third kappa shape index (κ3) is 2.50. The Morgan fingerprint density at radius 1 is 1.41 bits per heavy atom. The molecule has 6 heteroatoms. The van der Waals surface area contributed by atoms with E-state index in [2.05, 4.69) is 0 Å². The Hall–Kier alpha value is -2.16. The van der Waals surface area contributed by atoms with Gasteiger partial charge in [0.15, 0.2) is 12.1 Å². The van der Waals surface area contributed by atoms with Crippen LogP contribution in [0.25, 0.3) is 0 Å². The van der Waals surface area contributed by atoms with Gasteiger partial charge in [-0.15, -0.1) is 0 Å². The molecule has 0 amide bonds. The fourth-order valence-corrected chi connectivity index (χ4v) is 1.31. The molecule has 0 aliphatic heterocycles. The average molecular weight is 241 g/mol. The normalized spacial score (nSPS) is 10.8. The highest BCUT2D eigenvalue weighted by Crippen LogP contribution is 2.33. The molecule has 0 radical (unpaired) electrons. The Morgan fingerprint density at radius 2 is 2.00 bits per heavy atom. The number of alkyl halides is 3. The third-order valence-electron chi connectivity index (χ3n) is 2.13. The summed E-state index contributed by atoms with van der Waals surface area (Å²) in [5.74, 6) is -0.607. The van der Waals surface area contributed by atoms with Crippen LogP contribution in [0.3, 0.4) is 0 Å². The van der Waals surface area contributed by atoms with E-state index in [9.17, 15) is 22.8 Å². The van der Waals surface area contributed by atoms with Crippen LogP contribution in [0.5, 0.6) is 0 Å². The summed E-state index contributed by atoms with van der Waals surface area (Å²) in [7, 11) is 0. The molecule has 0 bridgehead atoms. The number of carbonyl (C=O) groups is 2. The van der Waals surface area contributed by atoms with Crippen LogP contribution in [0.4, 0.5) is 13.2 Å². The molecule has 1 rings (SSSR count). The number of carbonyl (C=O) groups excluding carboxylic acids is 2. The van der Waals surface area contributed by atoms with Crippen molar-refractivity contribution in [2.45, 2.75) is 13.1 Å². The third-order valence-corrected chi connectivity index (χ3v) is 2.13. The summed E-state index contributed by atoms with van der Waals surface area (Å²) in [6, 6.07) is 3.02. The lowest BCUT2D eigenvalue weighted by Crippen LogP contribution is -2.12. The van der Waals surface area contributed by atoms with Gasteiger partial charge in [-0.05, 0) is 19.1 Å². The number of benzene rings is 1. The van der Waals surface area contributed by atoms with Gasteiger partial charge in [-0.2, -0.15) is 18.4 Å². The second-order valence-corrected chi connectivity index (χ2v) is 3.27. The van der Waals surface area contributed by atoms with Crippen LogP contribution in [-0.4, -0.2) is 12.1 Å². The first-order chi connectivity index (χ1) is 7.81. The Morgan fingerprint density at radius 3 is 2.35 bits per heavy atom. The first-order valence-electron chi connectivity index (χ1n) is 4.42. The van der Waals surface area contributed by atoms with Crippen molar-refractivity contribution in [2.75, 3.05) is 0 Å². The summed E-state index contributed by atoms with van der Waals surface area (Å²) in [6.45, 7) is 1.08. The average Bonchev–Trinajstić information content (AvgIpc) is 2.25. The maximum absolute atomic E-state index is 12.6. The van der Waals surface area contributed by atoms with Gasteiger partial charge in [-0.1, -0.05) is 0 Å². The highest BCUT2D eigenvalue weighted by Gasteiger charge is 2.35. The van der Waals surface area contributed by atoms with Crippen molar-refractivity contribution < 1.29 is 22.8 Å². The van der Waals surface area contributed by atoms with E-state index in [1.165, 1.54) is 6.07 Å². The number of ketones is 1. The quantitative estimate of drug-likeness (QED) is 0.590. The van der Waals surface area contributed by atoms with Gasteiger partial charge >= 0.3 is 6.18 Å². The number of nitriles is 1. The molecule has 17 heavy (non-hydrogen) atoms. The number of nitrogens with zero attached hydrogens (tertiary/aromatic N) is 1. The Labute approximate surface area is 94.5 Å². The summed E-state index contributed by atoms with van der Waals surface area (Å²) >= 11 is 0. The maximum Gasteiger partial charge on any atom is 0.417 e. The lowest BCUT2D eigenvalue weighted by atomic mass is 9.97. The van der Waals surface area contributed by atoms with Crippen LogP contribution < -0.4 is 0 Å². The van der Waals surface area contributed by atoms with Gasteiger partial charge in [0.1, 0.15) is 0 Å². The summed E-state index contributed by atoms with van der Waals surface area (Å²) in [4.78, 5) is 21.6. The Bertz CT molecular complexity index is 527. The predicted molar refractivity (Wildman–Crippen MR) is 51.6 cm³/mol. The van der Waals surface area contributed by atoms with Crippen LogP contribution in [0.1, 0.15) is 38.8 Å². The number of hydrogen-bond donors (Lipinski definition) is 0. The van der Waals surface area contributed by atoms with Crippen molar-refractivity contribution in [1.82, 2.24) is 0 Å². The zero-order valence-electron chi connectivity index (χ0n) is 8.63. The first-order valence-corrected chi connectivity index (χ1v) is 4.42. The van der Waals surface area contributed by atoms with Crippen molar-refractivity contribution in [2.24, 2.45) is 0 Å². The molecule has 0 fully saturated rings. The smallest absolute Gasteiger partial charge is 0.298 e. The largest absolute Gasteiger partial charge is 0.417 e. The van der Waals surface area contributed by atoms with Gasteiger partial charge < -0.3 is 0 Å². The van der Waals surface area contributed by atoms with Crippen molar-refractivity contribution >= 4 is 12.1 Å². The van der Waals surface area contributed by atoms with Gasteiger partial charge in [0, 0.05) is 11.1 Å². The molecule has 0 saturated heterocycles. The summed E-state index contributed by atoms with van der Waals surface area (Å²) in [5.41, 5.74) is -2.72. The maximum atomic E-state index is 12.6. The lowest BCUT2D eigenvalue weighted by molar-refractivity contribution is -0.137. The van der Waals surface area contributed by atoms with Gasteiger partial charge in [0.05, 0.1) is 17.2 Å². The summed E-state index contributed by atoms with van der Waals surface area (Å²) in [6.07, 6.45) is -4.82. The molecule has 0 aliphatic rings. The second-order valence-electron chi connectivity index (χ2n) is 3.27. The number of Topliss-reactive ketones (excluding diaryl/α,β-unsaturated/α-hetero) is 1. The van der Waals surface area contributed by atoms with Crippen molar-refractivity contribution in [3.05, 3.63) is 34.4 Å². The highest BCUT2D eigenvalue weighted by molar-refractivity contribution is 5.96. The number of hydrogen-bond acceptors (Lipinski definition) is 3. The van der Waals surface area contributed by atoms with Crippen LogP contribution in [0.15, 0.2) is 12.1 Å². The van der Waals surface area contributed by atoms with E-state index in [0.717, 1.165) is 13.0 Å². The molecule has 0 saturated carbocycles. The molecule has 0 N–H and O–H groups in total. The monoisotopic (exact) mass is 241 g/mol. The van der Waals surface area contributed by atoms with Crippen LogP contribution in [0, 0.1) is 11.3 Å². The van der Waals surface area contributed by atoms with E-state index in [-0.39, 0.29) is 11.8 Å². The van der Waals surface area contributed by atoms with Crippen LogP contribution in [0.2, 0.25) is 0 Å². The molecule has 1 aromatic rings. The van der Waals surface area contributed by atoms with Gasteiger partial charge in [-0.25, -0.2) is 0 Å². The zero-order chi connectivity index (χ0) is 13.2. The van der Waals surface area contributed by atoms with Crippen molar-refractivity contribution in [1.29, 1.82) is 5.26 Å². The predicted octanol–water partition coefficient (Wildman–Crippen LogP) is 2.59. The van der Waals surface area contributed by atoms with Crippen molar-refractivity contribution in [3.63, 3.8) is 0 Å². The molecule has 3 nitrogen and oxygen atoms in total. The topological polar surface area (TPSA) is 57.9 Å². The molecule has 0 aliphatic carbocycles. The minimum absolute atomic E-state index is 0.0364. The first kappa shape index (κ1) is 12.9. The van der Waals surface area contributed by atoms with E-state index in [1.54, 1.807) is 0 Å². The van der Waals surface area contributed by atoms with E-state index < -0.39 is 28.6 Å². The van der Waals surface area contributed by atoms with Crippen LogP contribution in [-0.2, 0) is 6.18 Å². The Kier molecular flexibility index (Phi) is 3.32. The van der Waals surface area contributed by atoms with E-state index in [1.807, 2.05) is 0 Å². The molecule has 0 atom stereocenters. The fourth-order valence-electron chi connectivity index (χ4n) is 1.31. The summed E-state index contributed by atoms with van der Waals surface area (Å²) in [5, 5.41) is 8.66. The minimum atomic E-state index is -4.78. The van der Waals surface area contributed by atoms with Gasteiger partial charge in [0.2, 0.25) is 0 Å². The lowest BCUT2D eigenvalue weighted by Gasteiger charge is -2.11. The molecule has 0 aromatic heterocycles. The van der Waals surface area contributed by atoms with E-state index in [4.69, 9.17) is 5.26 Å². The molecule has 0 heterocycles. The second kappa shape index (κ2) is 4.37. The van der Waals surface area contributed by atoms with Crippen LogP contribution >= 0.6 is 0 Å². The molecule has 88 valence electrons. The van der Waals surface area contributed by atoms with Gasteiger partial charge in [0.25, 0.3) is 0 Å². The van der Waals surface area contributed by atoms with E-state index in [0.29, 0.717) is 6.07 Å². The zero-order valence-corrected chi connectivity index (χ0v) is 8.63. The number of halogens is 3. The molecule has 0 spiro atoms.